The number of benzene rings is 1. The Hall–Kier alpha value is -3.53. The van der Waals surface area contributed by atoms with Crippen LogP contribution >= 0.6 is 0 Å². The number of hydrogen-bond donors (Lipinski definition) is 1. The number of nitrogens with zero attached hydrogens (tertiary/aromatic N) is 5. The molecule has 1 fully saturated rings. The lowest BCUT2D eigenvalue weighted by atomic mass is 9.78. The fraction of sp³-hybridized carbons (Fsp3) is 0.400. The number of nitrogens with two attached hydrogens (primary N) is 1. The zero-order chi connectivity index (χ0) is 22.2. The molecule has 0 bridgehead atoms. The molecule has 0 spiro atoms. The van der Waals surface area contributed by atoms with Gasteiger partial charge in [0.05, 0.1) is 29.5 Å². The fourth-order valence-corrected chi connectivity index (χ4v) is 5.00. The average Bonchev–Trinajstić information content (AvgIpc) is 3.47. The molecule has 1 aliphatic carbocycles. The van der Waals surface area contributed by atoms with Crippen molar-refractivity contribution in [3.05, 3.63) is 71.3 Å². The number of allylic oxidation sites excluding steroid dienone is 1. The van der Waals surface area contributed by atoms with Crippen LogP contribution in [-0.4, -0.2) is 19.3 Å². The van der Waals surface area contributed by atoms with E-state index in [-0.39, 0.29) is 17.8 Å². The van der Waals surface area contributed by atoms with Crippen molar-refractivity contribution in [1.82, 2.24) is 19.3 Å². The standard InChI is InChI=1S/C25H28N6O/c1-16(2)31-25-22(23(29-31)18-6-4-3-5-7-18)21(20(14-26)24(27)32-25)17-8-10-19(11-9-17)30-13-12-28-15-30/h8-13,15-16,18,21H,3-7,27H2,1-2H3. The predicted octanol–water partition coefficient (Wildman–Crippen LogP) is 4.92. The third-order valence-corrected chi connectivity index (χ3v) is 6.61. The van der Waals surface area contributed by atoms with Gasteiger partial charge in [-0.1, -0.05) is 31.4 Å². The Morgan fingerprint density at radius 1 is 1.16 bits per heavy atom. The summed E-state index contributed by atoms with van der Waals surface area (Å²) in [5.41, 5.74) is 10.8. The second-order valence-electron chi connectivity index (χ2n) is 8.96. The van der Waals surface area contributed by atoms with Gasteiger partial charge in [-0.2, -0.15) is 10.4 Å². The van der Waals surface area contributed by atoms with Crippen LogP contribution in [0.3, 0.4) is 0 Å². The minimum absolute atomic E-state index is 0.127. The highest BCUT2D eigenvalue weighted by molar-refractivity contribution is 5.57. The van der Waals surface area contributed by atoms with Crippen molar-refractivity contribution in [2.24, 2.45) is 5.73 Å². The summed E-state index contributed by atoms with van der Waals surface area (Å²) >= 11 is 0. The van der Waals surface area contributed by atoms with Crippen LogP contribution < -0.4 is 10.5 Å². The molecular weight excluding hydrogens is 400 g/mol. The largest absolute Gasteiger partial charge is 0.422 e. The Balaban J connectivity index is 1.66. The molecule has 1 aliphatic heterocycles. The van der Waals surface area contributed by atoms with Crippen LogP contribution in [0.1, 0.15) is 80.7 Å². The number of aromatic nitrogens is 4. The van der Waals surface area contributed by atoms with Gasteiger partial charge in [0.2, 0.25) is 11.8 Å². The third-order valence-electron chi connectivity index (χ3n) is 6.61. The lowest BCUT2D eigenvalue weighted by Crippen LogP contribution is -2.23. The minimum atomic E-state index is -0.287. The molecule has 0 radical (unpaired) electrons. The van der Waals surface area contributed by atoms with Gasteiger partial charge in [0.1, 0.15) is 11.6 Å². The molecule has 2 aliphatic rings. The summed E-state index contributed by atoms with van der Waals surface area (Å²) in [6.07, 6.45) is 11.4. The van der Waals surface area contributed by atoms with Crippen LogP contribution in [-0.2, 0) is 0 Å². The maximum atomic E-state index is 10.0. The molecular formula is C25H28N6O. The molecule has 0 saturated heterocycles. The number of imidazole rings is 1. The zero-order valence-corrected chi connectivity index (χ0v) is 18.5. The molecule has 1 saturated carbocycles. The molecule has 3 aromatic rings. The first-order valence-electron chi connectivity index (χ1n) is 11.4. The first-order chi connectivity index (χ1) is 15.6. The minimum Gasteiger partial charge on any atom is -0.422 e. The summed E-state index contributed by atoms with van der Waals surface area (Å²) in [4.78, 5) is 4.13. The Bertz CT molecular complexity index is 1170. The quantitative estimate of drug-likeness (QED) is 0.637. The van der Waals surface area contributed by atoms with Crippen molar-refractivity contribution in [1.29, 1.82) is 5.26 Å². The number of ether oxygens (including phenoxy) is 1. The van der Waals surface area contributed by atoms with Crippen LogP contribution in [0.2, 0.25) is 0 Å². The third kappa shape index (κ3) is 3.36. The highest BCUT2D eigenvalue weighted by Gasteiger charge is 2.39. The average molecular weight is 429 g/mol. The first-order valence-corrected chi connectivity index (χ1v) is 11.4. The summed E-state index contributed by atoms with van der Waals surface area (Å²) in [5.74, 6) is 0.944. The van der Waals surface area contributed by atoms with Gasteiger partial charge in [-0.15, -0.1) is 0 Å². The molecule has 1 atom stereocenters. The molecule has 1 unspecified atom stereocenters. The molecule has 0 amide bonds. The summed E-state index contributed by atoms with van der Waals surface area (Å²) < 4.78 is 9.95. The summed E-state index contributed by atoms with van der Waals surface area (Å²) in [6, 6.07) is 10.7. The van der Waals surface area contributed by atoms with Gasteiger partial charge < -0.3 is 15.0 Å². The van der Waals surface area contributed by atoms with E-state index in [1.807, 2.05) is 27.6 Å². The topological polar surface area (TPSA) is 94.7 Å². The maximum Gasteiger partial charge on any atom is 0.224 e. The number of fused-ring (bicyclic) bond motifs is 1. The van der Waals surface area contributed by atoms with Crippen molar-refractivity contribution in [2.45, 2.75) is 63.8 Å². The summed E-state index contributed by atoms with van der Waals surface area (Å²) in [5, 5.41) is 15.1. The van der Waals surface area contributed by atoms with Crippen LogP contribution in [0, 0.1) is 11.3 Å². The van der Waals surface area contributed by atoms with Crippen molar-refractivity contribution in [3.8, 4) is 17.6 Å². The van der Waals surface area contributed by atoms with E-state index in [2.05, 4.69) is 37.0 Å². The smallest absolute Gasteiger partial charge is 0.224 e. The van der Waals surface area contributed by atoms with Crippen LogP contribution in [0.15, 0.2) is 54.4 Å². The summed E-state index contributed by atoms with van der Waals surface area (Å²) in [6.45, 7) is 4.19. The Morgan fingerprint density at radius 2 is 1.91 bits per heavy atom. The molecule has 3 heterocycles. The Labute approximate surface area is 188 Å². The lowest BCUT2D eigenvalue weighted by molar-refractivity contribution is 0.334. The van der Waals surface area contributed by atoms with Gasteiger partial charge in [-0.05, 0) is 44.4 Å². The molecule has 164 valence electrons. The predicted molar refractivity (Wildman–Crippen MR) is 121 cm³/mol. The highest BCUT2D eigenvalue weighted by Crippen LogP contribution is 2.48. The van der Waals surface area contributed by atoms with Gasteiger partial charge in [0, 0.05) is 24.0 Å². The lowest BCUT2D eigenvalue weighted by Gasteiger charge is -2.28. The van der Waals surface area contributed by atoms with Gasteiger partial charge in [-0.25, -0.2) is 9.67 Å². The van der Waals surface area contributed by atoms with Crippen molar-refractivity contribution < 1.29 is 4.74 Å². The van der Waals surface area contributed by atoms with Gasteiger partial charge >= 0.3 is 0 Å². The van der Waals surface area contributed by atoms with Crippen LogP contribution in [0.5, 0.6) is 5.88 Å². The monoisotopic (exact) mass is 428 g/mol. The Kier molecular flexibility index (Phi) is 5.22. The van der Waals surface area contributed by atoms with Crippen LogP contribution in [0.25, 0.3) is 5.69 Å². The van der Waals surface area contributed by atoms with Crippen molar-refractivity contribution in [2.75, 3.05) is 0 Å². The summed E-state index contributed by atoms with van der Waals surface area (Å²) in [7, 11) is 0. The second-order valence-corrected chi connectivity index (χ2v) is 8.96. The number of hydrogen-bond acceptors (Lipinski definition) is 5. The molecule has 1 aromatic carbocycles. The maximum absolute atomic E-state index is 10.0. The van der Waals surface area contributed by atoms with E-state index in [4.69, 9.17) is 15.6 Å². The van der Waals surface area contributed by atoms with E-state index >= 15 is 0 Å². The van der Waals surface area contributed by atoms with Gasteiger partial charge in [0.15, 0.2) is 0 Å². The van der Waals surface area contributed by atoms with Crippen molar-refractivity contribution >= 4 is 0 Å². The van der Waals surface area contributed by atoms with E-state index in [0.717, 1.165) is 35.3 Å². The SMILES string of the molecule is CC(C)n1nc(C2CCCCC2)c2c1OC(N)=C(C#N)C2c1ccc(-n2ccnc2)cc1. The normalized spacial score (nSPS) is 19.0. The molecule has 5 rings (SSSR count). The fourth-order valence-electron chi connectivity index (χ4n) is 5.00. The number of nitriles is 1. The first kappa shape index (κ1) is 20.4. The van der Waals surface area contributed by atoms with E-state index in [0.29, 0.717) is 17.4 Å². The zero-order valence-electron chi connectivity index (χ0n) is 18.5. The van der Waals surface area contributed by atoms with E-state index in [9.17, 15) is 5.26 Å². The highest BCUT2D eigenvalue weighted by atomic mass is 16.5. The van der Waals surface area contributed by atoms with E-state index in [1.165, 1.54) is 19.3 Å². The molecule has 2 aromatic heterocycles. The van der Waals surface area contributed by atoms with Gasteiger partial charge in [-0.3, -0.25) is 0 Å². The van der Waals surface area contributed by atoms with E-state index < -0.39 is 0 Å². The molecule has 2 N–H and O–H groups in total. The Morgan fingerprint density at radius 3 is 2.53 bits per heavy atom. The molecule has 32 heavy (non-hydrogen) atoms. The van der Waals surface area contributed by atoms with Crippen LogP contribution in [0.4, 0.5) is 0 Å². The molecule has 7 heteroatoms. The van der Waals surface area contributed by atoms with E-state index in [1.54, 1.807) is 12.5 Å². The van der Waals surface area contributed by atoms with Crippen molar-refractivity contribution in [3.63, 3.8) is 0 Å². The van der Waals surface area contributed by atoms with Gasteiger partial charge in [0.25, 0.3) is 0 Å². The molecule has 7 nitrogen and oxygen atoms in total. The number of rotatable bonds is 4. The second kappa shape index (κ2) is 8.19.